The molecular formula is C18H18BrClN4O3. The van der Waals surface area contributed by atoms with Gasteiger partial charge in [-0.3, -0.25) is 30.1 Å². The van der Waals surface area contributed by atoms with Crippen molar-refractivity contribution >= 4 is 50.9 Å². The molecule has 0 fully saturated rings. The number of halogens is 2. The van der Waals surface area contributed by atoms with Gasteiger partial charge in [0.05, 0.1) is 29.4 Å². The average molecular weight is 454 g/mol. The van der Waals surface area contributed by atoms with Crippen LogP contribution in [0.1, 0.15) is 10.4 Å². The zero-order chi connectivity index (χ0) is 19.8. The summed E-state index contributed by atoms with van der Waals surface area (Å²) in [4.78, 5) is 37.5. The van der Waals surface area contributed by atoms with Crippen LogP contribution in [-0.4, -0.2) is 42.8 Å². The van der Waals surface area contributed by atoms with Crippen LogP contribution in [0.3, 0.4) is 0 Å². The SMILES string of the molecule is CN(CC(=O)NNC(=O)c1ccccc1Cl)CC(=O)Nc1ccccc1Br. The standard InChI is InChI=1S/C18H18BrClN4O3/c1-24(10-16(25)21-15-9-5-3-7-13(15)19)11-17(26)22-23-18(27)12-6-2-4-8-14(12)20/h2-9H,10-11H2,1H3,(H,21,25)(H,22,26)(H,23,27). The smallest absolute Gasteiger partial charge is 0.271 e. The highest BCUT2D eigenvalue weighted by molar-refractivity contribution is 9.10. The molecule has 2 rings (SSSR count). The molecule has 3 amide bonds. The van der Waals surface area contributed by atoms with Crippen LogP contribution in [0.5, 0.6) is 0 Å². The van der Waals surface area contributed by atoms with Gasteiger partial charge in [-0.1, -0.05) is 35.9 Å². The molecule has 0 atom stereocenters. The summed E-state index contributed by atoms with van der Waals surface area (Å²) in [5, 5.41) is 3.03. The quantitative estimate of drug-likeness (QED) is 0.586. The van der Waals surface area contributed by atoms with E-state index >= 15 is 0 Å². The summed E-state index contributed by atoms with van der Waals surface area (Å²) in [5.74, 6) is -1.26. The van der Waals surface area contributed by atoms with Crippen LogP contribution in [0.25, 0.3) is 0 Å². The summed E-state index contributed by atoms with van der Waals surface area (Å²) in [6.45, 7) is -0.0700. The third-order valence-corrected chi connectivity index (χ3v) is 4.43. The minimum Gasteiger partial charge on any atom is -0.324 e. The second kappa shape index (κ2) is 10.1. The Kier molecular flexibility index (Phi) is 7.78. The number of hydrogen-bond donors (Lipinski definition) is 3. The van der Waals surface area contributed by atoms with E-state index in [1.54, 1.807) is 43.4 Å². The summed E-state index contributed by atoms with van der Waals surface area (Å²) in [5.41, 5.74) is 5.48. The van der Waals surface area contributed by atoms with Crippen LogP contribution < -0.4 is 16.2 Å². The first-order valence-corrected chi connectivity index (χ1v) is 9.10. The number of carbonyl (C=O) groups is 3. The maximum Gasteiger partial charge on any atom is 0.271 e. The Hall–Kier alpha value is -2.42. The number of nitrogens with zero attached hydrogens (tertiary/aromatic N) is 1. The number of benzene rings is 2. The van der Waals surface area contributed by atoms with Crippen molar-refractivity contribution in [3.63, 3.8) is 0 Å². The van der Waals surface area contributed by atoms with Crippen LogP contribution in [0.15, 0.2) is 53.0 Å². The number of rotatable bonds is 6. The van der Waals surface area contributed by atoms with Crippen molar-refractivity contribution in [1.82, 2.24) is 15.8 Å². The predicted octanol–water partition coefficient (Wildman–Crippen LogP) is 2.43. The maximum absolute atomic E-state index is 12.1. The molecule has 0 aliphatic carbocycles. The van der Waals surface area contributed by atoms with E-state index in [0.717, 1.165) is 4.47 Å². The zero-order valence-corrected chi connectivity index (χ0v) is 16.8. The van der Waals surface area contributed by atoms with Gasteiger partial charge in [0.2, 0.25) is 5.91 Å². The molecule has 0 spiro atoms. The normalized spacial score (nSPS) is 10.4. The highest BCUT2D eigenvalue weighted by atomic mass is 79.9. The van der Waals surface area contributed by atoms with E-state index in [1.807, 2.05) is 12.1 Å². The monoisotopic (exact) mass is 452 g/mol. The van der Waals surface area contributed by atoms with Gasteiger partial charge >= 0.3 is 0 Å². The summed E-state index contributed by atoms with van der Waals surface area (Å²) in [6, 6.07) is 13.7. The molecule has 0 saturated heterocycles. The number of para-hydroxylation sites is 1. The number of hydrazine groups is 1. The van der Waals surface area contributed by atoms with Gasteiger partial charge in [-0.15, -0.1) is 0 Å². The minimum absolute atomic E-state index is 0.00716. The number of likely N-dealkylation sites (N-methyl/N-ethyl adjacent to an activating group) is 1. The molecule has 0 aromatic heterocycles. The maximum atomic E-state index is 12.1. The van der Waals surface area contributed by atoms with Crippen LogP contribution in [-0.2, 0) is 9.59 Å². The van der Waals surface area contributed by atoms with Crippen molar-refractivity contribution in [3.05, 3.63) is 63.6 Å². The lowest BCUT2D eigenvalue weighted by Crippen LogP contribution is -2.46. The van der Waals surface area contributed by atoms with Crippen LogP contribution >= 0.6 is 27.5 Å². The third kappa shape index (κ3) is 6.67. The van der Waals surface area contributed by atoms with E-state index in [-0.39, 0.29) is 29.6 Å². The Morgan fingerprint density at radius 1 is 0.963 bits per heavy atom. The lowest BCUT2D eigenvalue weighted by molar-refractivity contribution is -0.123. The van der Waals surface area contributed by atoms with E-state index in [2.05, 4.69) is 32.1 Å². The van der Waals surface area contributed by atoms with Crippen LogP contribution in [0.4, 0.5) is 5.69 Å². The Morgan fingerprint density at radius 2 is 1.59 bits per heavy atom. The molecule has 0 heterocycles. The first-order valence-electron chi connectivity index (χ1n) is 7.93. The van der Waals surface area contributed by atoms with Gasteiger partial charge in [-0.25, -0.2) is 0 Å². The van der Waals surface area contributed by atoms with Crippen LogP contribution in [0.2, 0.25) is 5.02 Å². The Bertz CT molecular complexity index is 847. The Balaban J connectivity index is 1.76. The van der Waals surface area contributed by atoms with E-state index in [1.165, 1.54) is 4.90 Å². The fourth-order valence-electron chi connectivity index (χ4n) is 2.18. The molecule has 142 valence electrons. The van der Waals surface area contributed by atoms with Crippen molar-refractivity contribution in [1.29, 1.82) is 0 Å². The minimum atomic E-state index is -0.525. The molecule has 2 aromatic carbocycles. The fraction of sp³-hybridized carbons (Fsp3) is 0.167. The van der Waals surface area contributed by atoms with Crippen molar-refractivity contribution in [2.45, 2.75) is 0 Å². The first kappa shape index (κ1) is 20.9. The number of amides is 3. The van der Waals surface area contributed by atoms with Gasteiger partial charge in [-0.2, -0.15) is 0 Å². The number of carbonyl (C=O) groups excluding carboxylic acids is 3. The summed E-state index contributed by atoms with van der Waals surface area (Å²) < 4.78 is 0.765. The summed E-state index contributed by atoms with van der Waals surface area (Å²) >= 11 is 9.27. The zero-order valence-electron chi connectivity index (χ0n) is 14.5. The molecule has 0 bridgehead atoms. The molecule has 27 heavy (non-hydrogen) atoms. The third-order valence-electron chi connectivity index (χ3n) is 3.41. The van der Waals surface area contributed by atoms with Gasteiger partial charge in [-0.05, 0) is 47.2 Å². The number of hydrogen-bond acceptors (Lipinski definition) is 4. The van der Waals surface area contributed by atoms with Gasteiger partial charge in [0.25, 0.3) is 11.8 Å². The largest absolute Gasteiger partial charge is 0.324 e. The average Bonchev–Trinajstić information content (AvgIpc) is 2.62. The highest BCUT2D eigenvalue weighted by Gasteiger charge is 2.14. The highest BCUT2D eigenvalue weighted by Crippen LogP contribution is 2.20. The van der Waals surface area contributed by atoms with Gasteiger partial charge in [0.1, 0.15) is 0 Å². The second-order valence-electron chi connectivity index (χ2n) is 5.68. The number of nitrogens with one attached hydrogen (secondary N) is 3. The van der Waals surface area contributed by atoms with Crippen LogP contribution in [0, 0.1) is 0 Å². The van der Waals surface area contributed by atoms with E-state index in [0.29, 0.717) is 5.69 Å². The lowest BCUT2D eigenvalue weighted by Gasteiger charge is -2.16. The molecule has 0 saturated carbocycles. The topological polar surface area (TPSA) is 90.5 Å². The Labute approximate surface area is 170 Å². The van der Waals surface area contributed by atoms with Gasteiger partial charge in [0.15, 0.2) is 0 Å². The number of anilines is 1. The second-order valence-corrected chi connectivity index (χ2v) is 6.94. The molecule has 0 aliphatic heterocycles. The fourth-order valence-corrected chi connectivity index (χ4v) is 2.78. The van der Waals surface area contributed by atoms with E-state index in [4.69, 9.17) is 11.6 Å². The predicted molar refractivity (Wildman–Crippen MR) is 107 cm³/mol. The molecule has 0 unspecified atom stereocenters. The first-order chi connectivity index (χ1) is 12.9. The molecule has 3 N–H and O–H groups in total. The lowest BCUT2D eigenvalue weighted by atomic mass is 10.2. The van der Waals surface area contributed by atoms with E-state index < -0.39 is 11.8 Å². The molecule has 2 aromatic rings. The van der Waals surface area contributed by atoms with Crippen molar-refractivity contribution in [2.75, 3.05) is 25.5 Å². The molecular weight excluding hydrogens is 436 g/mol. The molecule has 9 heteroatoms. The van der Waals surface area contributed by atoms with Crippen molar-refractivity contribution < 1.29 is 14.4 Å². The summed E-state index contributed by atoms with van der Waals surface area (Å²) in [7, 11) is 1.62. The Morgan fingerprint density at radius 3 is 2.30 bits per heavy atom. The summed E-state index contributed by atoms with van der Waals surface area (Å²) in [6.07, 6.45) is 0. The molecule has 0 radical (unpaired) electrons. The van der Waals surface area contributed by atoms with E-state index in [9.17, 15) is 14.4 Å². The van der Waals surface area contributed by atoms with Gasteiger partial charge < -0.3 is 5.32 Å². The molecule has 7 nitrogen and oxygen atoms in total. The van der Waals surface area contributed by atoms with Crippen molar-refractivity contribution in [3.8, 4) is 0 Å². The van der Waals surface area contributed by atoms with Gasteiger partial charge in [0, 0.05) is 4.47 Å². The molecule has 0 aliphatic rings. The van der Waals surface area contributed by atoms with Crippen molar-refractivity contribution in [2.24, 2.45) is 0 Å².